The molecule has 0 unspecified atom stereocenters. The molecule has 7 nitrogen and oxygen atoms in total. The molecule has 0 aromatic heterocycles. The van der Waals surface area contributed by atoms with Gasteiger partial charge in [0.05, 0.1) is 6.54 Å². The molecular weight excluding hydrogens is 322 g/mol. The van der Waals surface area contributed by atoms with Crippen LogP contribution in [0.25, 0.3) is 0 Å². The van der Waals surface area contributed by atoms with Gasteiger partial charge in [0.25, 0.3) is 0 Å². The van der Waals surface area contributed by atoms with Crippen molar-refractivity contribution in [1.82, 2.24) is 0 Å². The maximum Gasteiger partial charge on any atom is 0.126 e. The van der Waals surface area contributed by atoms with E-state index in [1.807, 2.05) is 20.8 Å². The summed E-state index contributed by atoms with van der Waals surface area (Å²) in [6.45, 7) is 16.6. The summed E-state index contributed by atoms with van der Waals surface area (Å²) in [4.78, 5) is 31.9. The van der Waals surface area contributed by atoms with Crippen molar-refractivity contribution >= 4 is 23.6 Å². The highest BCUT2D eigenvalue weighted by Gasteiger charge is 1.63. The first kappa shape index (κ1) is 38.7. The molecule has 0 atom stereocenters. The van der Waals surface area contributed by atoms with Gasteiger partial charge in [-0.25, -0.2) is 0 Å². The molecule has 0 aromatic carbocycles. The van der Waals surface area contributed by atoms with Crippen molar-refractivity contribution < 1.29 is 19.1 Å². The Morgan fingerprint density at radius 3 is 1.04 bits per heavy atom. The van der Waals surface area contributed by atoms with Gasteiger partial charge in [-0.05, 0) is 68.5 Å². The fourth-order valence-corrected chi connectivity index (χ4v) is 0.141. The molecule has 0 aromatic rings. The maximum atomic E-state index is 9.44. The summed E-state index contributed by atoms with van der Waals surface area (Å²) >= 11 is 0. The van der Waals surface area contributed by atoms with Gasteiger partial charge in [-0.1, -0.05) is 0 Å². The lowest BCUT2D eigenvalue weighted by molar-refractivity contribution is -0.115. The molecule has 0 fully saturated rings. The Bertz CT molecular complexity index is 269. The monoisotopic (exact) mass is 363 g/mol. The van der Waals surface area contributed by atoms with Crippen LogP contribution in [0.2, 0.25) is 0 Å². The van der Waals surface area contributed by atoms with Crippen LogP contribution in [0.1, 0.15) is 62.3 Å². The van der Waals surface area contributed by atoms with Gasteiger partial charge in [0.15, 0.2) is 0 Å². The van der Waals surface area contributed by atoms with Crippen LogP contribution < -0.4 is 0 Å². The first-order chi connectivity index (χ1) is 11.4. The largest absolute Gasteiger partial charge is 0.385 e. The Morgan fingerprint density at radius 1 is 0.840 bits per heavy atom. The number of hydrogen-bond donors (Lipinski definition) is 0. The summed E-state index contributed by atoms with van der Waals surface area (Å²) in [5.74, 6) is 0.500. The molecule has 0 radical (unpaired) electrons. The summed E-state index contributed by atoms with van der Waals surface area (Å²) in [5.41, 5.74) is 0. The number of ether oxygens (including phenoxy) is 1. The standard InChI is InChI=1S/C3H8N2.C3H7N.C3H8O.3C3H6O/c1-3-5-4-2;2*1-3-4-2;3*1-3(2)4/h3H2,1-2H3;3H,1-2H3;3H2,1-2H3;3*1-2H3. The highest BCUT2D eigenvalue weighted by atomic mass is 16.5. The lowest BCUT2D eigenvalue weighted by atomic mass is 10.6. The number of carbonyl (C=O) groups excluding carboxylic acids is 3. The highest BCUT2D eigenvalue weighted by Crippen LogP contribution is 1.62. The van der Waals surface area contributed by atoms with Crippen LogP contribution in [-0.4, -0.2) is 57.9 Å². The van der Waals surface area contributed by atoms with E-state index in [4.69, 9.17) is 0 Å². The van der Waals surface area contributed by atoms with E-state index in [0.717, 1.165) is 13.2 Å². The Balaban J connectivity index is -0.0000000434. The van der Waals surface area contributed by atoms with Crippen LogP contribution in [0.4, 0.5) is 0 Å². The van der Waals surface area contributed by atoms with Crippen molar-refractivity contribution in [3.8, 4) is 0 Å². The zero-order valence-electron chi connectivity index (χ0n) is 18.5. The SMILES string of the molecule is CC(C)=O.CC(C)=O.CC(C)=O.CC=NC.CCN=NC.CCOC. The molecule has 0 aliphatic rings. The molecular formula is C18H41N3O4. The van der Waals surface area contributed by atoms with Gasteiger partial charge in [-0.3, -0.25) is 0 Å². The third-order valence-corrected chi connectivity index (χ3v) is 0.830. The Labute approximate surface area is 155 Å². The van der Waals surface area contributed by atoms with Crippen molar-refractivity contribution in [2.45, 2.75) is 62.3 Å². The maximum absolute atomic E-state index is 9.44. The van der Waals surface area contributed by atoms with Gasteiger partial charge in [-0.2, -0.15) is 10.2 Å². The zero-order chi connectivity index (χ0) is 21.7. The number of hydrogen-bond acceptors (Lipinski definition) is 7. The van der Waals surface area contributed by atoms with E-state index in [-0.39, 0.29) is 17.3 Å². The predicted octanol–water partition coefficient (Wildman–Crippen LogP) is 4.23. The van der Waals surface area contributed by atoms with Gasteiger partial charge in [0.2, 0.25) is 0 Å². The number of rotatable bonds is 2. The van der Waals surface area contributed by atoms with E-state index >= 15 is 0 Å². The number of ketones is 3. The molecule has 0 spiro atoms. The van der Waals surface area contributed by atoms with Crippen LogP contribution in [0.15, 0.2) is 15.2 Å². The van der Waals surface area contributed by atoms with Crippen LogP contribution in [-0.2, 0) is 19.1 Å². The fraction of sp³-hybridized carbons (Fsp3) is 0.778. The van der Waals surface area contributed by atoms with Gasteiger partial charge in [0, 0.05) is 27.8 Å². The first-order valence-electron chi connectivity index (χ1n) is 7.97. The molecule has 0 saturated heterocycles. The fourth-order valence-electron chi connectivity index (χ4n) is 0.141. The molecule has 0 N–H and O–H groups in total. The Kier molecular flexibility index (Phi) is 76.5. The third-order valence-electron chi connectivity index (χ3n) is 0.830. The lowest BCUT2D eigenvalue weighted by Crippen LogP contribution is -1.73. The number of nitrogens with zero attached hydrogens (tertiary/aromatic N) is 3. The van der Waals surface area contributed by atoms with Crippen LogP contribution in [0, 0.1) is 0 Å². The second-order valence-corrected chi connectivity index (χ2v) is 4.48. The van der Waals surface area contributed by atoms with Crippen LogP contribution in [0.5, 0.6) is 0 Å². The average molecular weight is 364 g/mol. The van der Waals surface area contributed by atoms with E-state index in [1.54, 1.807) is 27.4 Å². The number of Topliss-reactive ketones (excluding diaryl/α,β-unsaturated/α-hetero) is 3. The number of azo groups is 1. The zero-order valence-corrected chi connectivity index (χ0v) is 18.5. The molecule has 0 amide bonds. The lowest BCUT2D eigenvalue weighted by Gasteiger charge is -1.76. The smallest absolute Gasteiger partial charge is 0.126 e. The minimum Gasteiger partial charge on any atom is -0.385 e. The number of aliphatic imine (C=N–C) groups is 1. The van der Waals surface area contributed by atoms with Crippen molar-refractivity contribution in [2.24, 2.45) is 15.2 Å². The van der Waals surface area contributed by atoms with Crippen molar-refractivity contribution in [3.05, 3.63) is 0 Å². The second kappa shape index (κ2) is 49.5. The van der Waals surface area contributed by atoms with Gasteiger partial charge in [0.1, 0.15) is 17.3 Å². The average Bonchev–Trinajstić information content (AvgIpc) is 2.47. The van der Waals surface area contributed by atoms with Gasteiger partial charge >= 0.3 is 0 Å². The topological polar surface area (TPSA) is 97.5 Å². The molecule has 0 saturated carbocycles. The summed E-state index contributed by atoms with van der Waals surface area (Å²) in [7, 11) is 5.10. The first-order valence-corrected chi connectivity index (χ1v) is 7.97. The molecule has 152 valence electrons. The molecule has 25 heavy (non-hydrogen) atoms. The molecule has 0 bridgehead atoms. The highest BCUT2D eigenvalue weighted by molar-refractivity contribution is 5.72. The second-order valence-electron chi connectivity index (χ2n) is 4.48. The summed E-state index contributed by atoms with van der Waals surface area (Å²) in [6.07, 6.45) is 1.75. The van der Waals surface area contributed by atoms with E-state index in [1.165, 1.54) is 41.5 Å². The number of methoxy groups -OCH3 is 1. The van der Waals surface area contributed by atoms with Crippen LogP contribution in [0.3, 0.4) is 0 Å². The normalized spacial score (nSPS) is 7.84. The predicted molar refractivity (Wildman–Crippen MR) is 108 cm³/mol. The van der Waals surface area contributed by atoms with E-state index in [2.05, 4.69) is 20.0 Å². The van der Waals surface area contributed by atoms with Crippen molar-refractivity contribution in [2.75, 3.05) is 34.4 Å². The Morgan fingerprint density at radius 2 is 1.04 bits per heavy atom. The quantitative estimate of drug-likeness (QED) is 0.541. The van der Waals surface area contributed by atoms with E-state index in [9.17, 15) is 14.4 Å². The van der Waals surface area contributed by atoms with Gasteiger partial charge < -0.3 is 24.1 Å². The minimum atomic E-state index is 0.167. The van der Waals surface area contributed by atoms with Gasteiger partial charge in [-0.15, -0.1) is 0 Å². The van der Waals surface area contributed by atoms with Crippen molar-refractivity contribution in [1.29, 1.82) is 0 Å². The summed E-state index contributed by atoms with van der Waals surface area (Å²) in [5, 5.41) is 7.08. The molecule has 0 aliphatic heterocycles. The van der Waals surface area contributed by atoms with Crippen molar-refractivity contribution in [3.63, 3.8) is 0 Å². The number of carbonyl (C=O) groups is 3. The van der Waals surface area contributed by atoms with E-state index in [0.29, 0.717) is 0 Å². The summed E-state index contributed by atoms with van der Waals surface area (Å²) < 4.78 is 4.54. The minimum absolute atomic E-state index is 0.167. The molecule has 7 heteroatoms. The van der Waals surface area contributed by atoms with E-state index < -0.39 is 0 Å². The summed E-state index contributed by atoms with van der Waals surface area (Å²) in [6, 6.07) is 0. The third kappa shape index (κ3) is 1820. The van der Waals surface area contributed by atoms with Crippen LogP contribution >= 0.6 is 0 Å². The molecule has 0 heterocycles. The molecule has 0 aliphatic carbocycles. The Hall–Kier alpha value is -1.76. The molecule has 0 rings (SSSR count).